The number of nitrogens with one attached hydrogen (secondary N) is 1. The van der Waals surface area contributed by atoms with Gasteiger partial charge in [-0.25, -0.2) is 4.79 Å². The molecule has 11 nitrogen and oxygen atoms in total. The SMILES string of the molecule is COc1ccc(C=C2Oc3cc(OCC(=O)NC(CCCN=C(N)N)C(=O)O)ccc3C2=O)cc1. The maximum absolute atomic E-state index is 12.6. The van der Waals surface area contributed by atoms with Crippen molar-refractivity contribution in [1.82, 2.24) is 5.32 Å². The van der Waals surface area contributed by atoms with E-state index in [0.717, 1.165) is 5.56 Å². The van der Waals surface area contributed by atoms with E-state index in [4.69, 9.17) is 25.7 Å². The number of benzene rings is 2. The number of ether oxygens (including phenoxy) is 3. The molecule has 1 aliphatic rings. The number of nitrogens with zero attached hydrogens (tertiary/aromatic N) is 1. The van der Waals surface area contributed by atoms with E-state index in [0.29, 0.717) is 23.5 Å². The minimum Gasteiger partial charge on any atom is -0.497 e. The van der Waals surface area contributed by atoms with E-state index in [1.807, 2.05) is 0 Å². The summed E-state index contributed by atoms with van der Waals surface area (Å²) in [4.78, 5) is 40.0. The van der Waals surface area contributed by atoms with Crippen LogP contribution in [-0.2, 0) is 9.59 Å². The van der Waals surface area contributed by atoms with Crippen LogP contribution in [0.2, 0.25) is 0 Å². The molecule has 1 aliphatic heterocycles. The zero-order valence-electron chi connectivity index (χ0n) is 19.0. The first-order valence-corrected chi connectivity index (χ1v) is 10.7. The van der Waals surface area contributed by atoms with Crippen LogP contribution < -0.4 is 31.0 Å². The molecule has 1 amide bonds. The van der Waals surface area contributed by atoms with E-state index in [9.17, 15) is 19.5 Å². The summed E-state index contributed by atoms with van der Waals surface area (Å²) in [5, 5.41) is 11.7. The number of carbonyl (C=O) groups is 3. The minimum atomic E-state index is -1.18. The van der Waals surface area contributed by atoms with Crippen molar-refractivity contribution in [3.63, 3.8) is 0 Å². The molecule has 1 atom stereocenters. The van der Waals surface area contributed by atoms with Crippen molar-refractivity contribution in [3.8, 4) is 17.2 Å². The third-order valence-corrected chi connectivity index (χ3v) is 5.00. The first-order valence-electron chi connectivity index (χ1n) is 10.7. The molecule has 0 saturated heterocycles. The number of guanidine groups is 1. The van der Waals surface area contributed by atoms with Crippen LogP contribution in [-0.4, -0.2) is 55.0 Å². The second kappa shape index (κ2) is 11.5. The Bertz CT molecular complexity index is 1150. The number of amides is 1. The van der Waals surface area contributed by atoms with Gasteiger partial charge in [-0.1, -0.05) is 12.1 Å². The number of carboxylic acid groups (broad SMARTS) is 1. The Morgan fingerprint density at radius 2 is 1.89 bits per heavy atom. The highest BCUT2D eigenvalue weighted by molar-refractivity contribution is 6.14. The van der Waals surface area contributed by atoms with Crippen LogP contribution in [0.15, 0.2) is 53.2 Å². The molecule has 0 saturated carbocycles. The Kier molecular flexibility index (Phi) is 8.28. The molecule has 2 aromatic rings. The molecule has 1 heterocycles. The van der Waals surface area contributed by atoms with Crippen LogP contribution in [0, 0.1) is 0 Å². The lowest BCUT2D eigenvalue weighted by molar-refractivity contribution is -0.142. The number of ketones is 1. The van der Waals surface area contributed by atoms with Crippen LogP contribution in [0.5, 0.6) is 17.2 Å². The van der Waals surface area contributed by atoms with Gasteiger partial charge in [-0.15, -0.1) is 0 Å². The van der Waals surface area contributed by atoms with Gasteiger partial charge in [0.05, 0.1) is 12.7 Å². The molecule has 0 aromatic heterocycles. The largest absolute Gasteiger partial charge is 0.497 e. The Hall–Kier alpha value is -4.54. The van der Waals surface area contributed by atoms with Crippen LogP contribution >= 0.6 is 0 Å². The highest BCUT2D eigenvalue weighted by Gasteiger charge is 2.28. The number of hydrogen-bond donors (Lipinski definition) is 4. The second-order valence-electron chi connectivity index (χ2n) is 7.57. The number of aliphatic carboxylic acids is 1. The van der Waals surface area contributed by atoms with Crippen molar-refractivity contribution in [2.45, 2.75) is 18.9 Å². The van der Waals surface area contributed by atoms with Crippen LogP contribution in [0.1, 0.15) is 28.8 Å². The van der Waals surface area contributed by atoms with Gasteiger partial charge in [-0.2, -0.15) is 0 Å². The normalized spacial score (nSPS) is 14.0. The molecule has 0 bridgehead atoms. The summed E-state index contributed by atoms with van der Waals surface area (Å²) in [6.45, 7) is -0.166. The van der Waals surface area contributed by atoms with Crippen molar-refractivity contribution >= 4 is 29.7 Å². The number of rotatable bonds is 11. The summed E-state index contributed by atoms with van der Waals surface area (Å²) in [7, 11) is 1.57. The lowest BCUT2D eigenvalue weighted by Gasteiger charge is -2.14. The third kappa shape index (κ3) is 6.97. The number of aliphatic imine (C=N–C) groups is 1. The van der Waals surface area contributed by atoms with Crippen molar-refractivity contribution in [1.29, 1.82) is 0 Å². The van der Waals surface area contributed by atoms with Gasteiger partial charge < -0.3 is 36.1 Å². The molecule has 6 N–H and O–H groups in total. The molecule has 11 heteroatoms. The monoisotopic (exact) mass is 482 g/mol. The molecule has 2 aromatic carbocycles. The van der Waals surface area contributed by atoms with E-state index < -0.39 is 24.5 Å². The van der Waals surface area contributed by atoms with Crippen LogP contribution in [0.4, 0.5) is 0 Å². The standard InChI is InChI=1S/C24H26N4O7/c1-33-15-6-4-14(5-7-15)11-20-22(30)17-9-8-16(12-19(17)35-20)34-13-21(29)28-18(23(31)32)3-2-10-27-24(25)26/h4-9,11-12,18H,2-3,10,13H2,1H3,(H,28,29)(H,31,32)(H4,25,26,27). The maximum Gasteiger partial charge on any atom is 0.326 e. The average molecular weight is 482 g/mol. The van der Waals surface area contributed by atoms with Gasteiger partial charge in [0.25, 0.3) is 5.91 Å². The average Bonchev–Trinajstić information content (AvgIpc) is 3.14. The molecule has 0 radical (unpaired) electrons. The smallest absolute Gasteiger partial charge is 0.326 e. The topological polar surface area (TPSA) is 176 Å². The maximum atomic E-state index is 12.6. The van der Waals surface area contributed by atoms with Gasteiger partial charge in [0.1, 0.15) is 23.3 Å². The summed E-state index contributed by atoms with van der Waals surface area (Å²) in [6.07, 6.45) is 2.14. The Morgan fingerprint density at radius 1 is 1.17 bits per heavy atom. The number of Topliss-reactive ketones (excluding diaryl/α,β-unsaturated/α-hetero) is 1. The molecule has 0 fully saturated rings. The van der Waals surface area contributed by atoms with Gasteiger partial charge in [0.2, 0.25) is 5.78 Å². The Morgan fingerprint density at radius 3 is 2.54 bits per heavy atom. The van der Waals surface area contributed by atoms with E-state index in [1.165, 1.54) is 12.1 Å². The van der Waals surface area contributed by atoms with Crippen molar-refractivity contribution in [2.24, 2.45) is 16.5 Å². The van der Waals surface area contributed by atoms with Gasteiger partial charge >= 0.3 is 5.97 Å². The van der Waals surface area contributed by atoms with Crippen LogP contribution in [0.3, 0.4) is 0 Å². The zero-order chi connectivity index (χ0) is 25.4. The number of allylic oxidation sites excluding steroid dienone is 1. The molecular formula is C24H26N4O7. The Labute approximate surface area is 201 Å². The van der Waals surface area contributed by atoms with Crippen molar-refractivity contribution < 1.29 is 33.7 Å². The first kappa shape index (κ1) is 25.1. The third-order valence-electron chi connectivity index (χ3n) is 5.00. The second-order valence-corrected chi connectivity index (χ2v) is 7.57. The minimum absolute atomic E-state index is 0.0855. The van der Waals surface area contributed by atoms with Crippen molar-refractivity contribution in [2.75, 3.05) is 20.3 Å². The highest BCUT2D eigenvalue weighted by atomic mass is 16.5. The number of nitrogens with two attached hydrogens (primary N) is 2. The number of methoxy groups -OCH3 is 1. The number of carbonyl (C=O) groups excluding carboxylic acids is 2. The Balaban J connectivity index is 1.56. The van der Waals surface area contributed by atoms with Crippen LogP contribution in [0.25, 0.3) is 6.08 Å². The van der Waals surface area contributed by atoms with E-state index in [1.54, 1.807) is 43.5 Å². The number of hydrogen-bond acceptors (Lipinski definition) is 7. The molecule has 0 aliphatic carbocycles. The molecular weight excluding hydrogens is 456 g/mol. The van der Waals surface area contributed by atoms with Gasteiger partial charge in [-0.05, 0) is 48.7 Å². The highest BCUT2D eigenvalue weighted by Crippen LogP contribution is 2.35. The zero-order valence-corrected chi connectivity index (χ0v) is 19.0. The lowest BCUT2D eigenvalue weighted by Crippen LogP contribution is -2.43. The van der Waals surface area contributed by atoms with Gasteiger partial charge in [0, 0.05) is 12.6 Å². The predicted octanol–water partition coefficient (Wildman–Crippen LogP) is 1.31. The van der Waals surface area contributed by atoms with E-state index in [-0.39, 0.29) is 36.2 Å². The molecule has 184 valence electrons. The summed E-state index contributed by atoms with van der Waals surface area (Å²) in [5.74, 6) is -0.707. The number of fused-ring (bicyclic) bond motifs is 1. The summed E-state index contributed by atoms with van der Waals surface area (Å²) in [6, 6.07) is 10.6. The first-order chi connectivity index (χ1) is 16.8. The summed E-state index contributed by atoms with van der Waals surface area (Å²) < 4.78 is 16.3. The molecule has 35 heavy (non-hydrogen) atoms. The summed E-state index contributed by atoms with van der Waals surface area (Å²) in [5.41, 5.74) is 11.6. The fraction of sp³-hybridized carbons (Fsp3) is 0.250. The molecule has 1 unspecified atom stereocenters. The van der Waals surface area contributed by atoms with Gasteiger partial charge in [0.15, 0.2) is 18.3 Å². The lowest BCUT2D eigenvalue weighted by atomic mass is 10.1. The molecule has 0 spiro atoms. The number of carboxylic acids is 1. The molecule has 3 rings (SSSR count). The van der Waals surface area contributed by atoms with Crippen molar-refractivity contribution in [3.05, 3.63) is 59.4 Å². The quantitative estimate of drug-likeness (QED) is 0.159. The fourth-order valence-electron chi connectivity index (χ4n) is 3.25. The predicted molar refractivity (Wildman–Crippen MR) is 127 cm³/mol. The van der Waals surface area contributed by atoms with E-state index in [2.05, 4.69) is 10.3 Å². The fourth-order valence-corrected chi connectivity index (χ4v) is 3.25. The summed E-state index contributed by atoms with van der Waals surface area (Å²) >= 11 is 0. The van der Waals surface area contributed by atoms with E-state index >= 15 is 0 Å². The van der Waals surface area contributed by atoms with Gasteiger partial charge in [-0.3, -0.25) is 14.6 Å².